The van der Waals surface area contributed by atoms with Crippen LogP contribution >= 0.6 is 11.3 Å². The van der Waals surface area contributed by atoms with E-state index in [-0.39, 0.29) is 11.5 Å². The first-order valence-corrected chi connectivity index (χ1v) is 11.1. The maximum absolute atomic E-state index is 13.1. The van der Waals surface area contributed by atoms with Crippen LogP contribution in [-0.4, -0.2) is 36.8 Å². The minimum absolute atomic E-state index is 0.204. The highest BCUT2D eigenvalue weighted by atomic mass is 32.2. The Labute approximate surface area is 173 Å². The van der Waals surface area contributed by atoms with E-state index in [4.69, 9.17) is 9.26 Å². The van der Waals surface area contributed by atoms with Gasteiger partial charge in [0.05, 0.1) is 29.2 Å². The monoisotopic (exact) mass is 455 g/mol. The summed E-state index contributed by atoms with van der Waals surface area (Å²) >= 11 is 1.23. The third kappa shape index (κ3) is 3.61. The SMILES string of the molecule is Cc1noc(-c2c(NC(=O)c3ccccc3S(=O)(=O)C(F)F)sc3c2CCOC3)n1. The molecular weight excluding hydrogens is 440 g/mol. The zero-order valence-electron chi connectivity index (χ0n) is 15.5. The standard InChI is InChI=1S/C18H15F2N3O5S2/c1-9-21-16(28-23-9)14-10-6-7-27-8-12(10)29-17(14)22-15(24)11-4-2-3-5-13(11)30(25,26)18(19)20/h2-5,18H,6-8H2,1H3,(H,22,24). The molecule has 0 atom stereocenters. The van der Waals surface area contributed by atoms with Crippen LogP contribution in [0.4, 0.5) is 13.8 Å². The van der Waals surface area contributed by atoms with Gasteiger partial charge in [0.2, 0.25) is 9.84 Å². The molecule has 3 heterocycles. The minimum Gasteiger partial charge on any atom is -0.376 e. The van der Waals surface area contributed by atoms with Gasteiger partial charge in [-0.3, -0.25) is 4.79 Å². The van der Waals surface area contributed by atoms with Gasteiger partial charge in [0.1, 0.15) is 5.00 Å². The van der Waals surface area contributed by atoms with E-state index in [9.17, 15) is 22.0 Å². The van der Waals surface area contributed by atoms with Gasteiger partial charge in [-0.2, -0.15) is 13.8 Å². The maximum atomic E-state index is 13.1. The van der Waals surface area contributed by atoms with Gasteiger partial charge in [-0.05, 0) is 31.0 Å². The van der Waals surface area contributed by atoms with Crippen molar-refractivity contribution in [2.75, 3.05) is 11.9 Å². The van der Waals surface area contributed by atoms with Crippen LogP contribution in [0.3, 0.4) is 0 Å². The molecule has 1 N–H and O–H groups in total. The van der Waals surface area contributed by atoms with E-state index >= 15 is 0 Å². The zero-order valence-corrected chi connectivity index (χ0v) is 17.1. The molecule has 0 saturated carbocycles. The van der Waals surface area contributed by atoms with Crippen LogP contribution in [0.25, 0.3) is 11.5 Å². The highest BCUT2D eigenvalue weighted by Crippen LogP contribution is 2.42. The van der Waals surface area contributed by atoms with Gasteiger partial charge in [-0.1, -0.05) is 17.3 Å². The molecule has 1 aliphatic heterocycles. The first-order chi connectivity index (χ1) is 14.3. The number of halogens is 2. The smallest absolute Gasteiger partial charge is 0.341 e. The fourth-order valence-electron chi connectivity index (χ4n) is 3.11. The number of benzene rings is 1. The predicted octanol–water partition coefficient (Wildman–Crippen LogP) is 3.43. The van der Waals surface area contributed by atoms with Crippen molar-refractivity contribution in [2.45, 2.75) is 30.6 Å². The van der Waals surface area contributed by atoms with Crippen LogP contribution in [0.1, 0.15) is 26.6 Å². The number of rotatable bonds is 5. The number of sulfone groups is 1. The van der Waals surface area contributed by atoms with Crippen molar-refractivity contribution in [3.8, 4) is 11.5 Å². The summed E-state index contributed by atoms with van der Waals surface area (Å²) in [5.74, 6) is -3.88. The number of hydrogen-bond acceptors (Lipinski definition) is 8. The van der Waals surface area contributed by atoms with Gasteiger partial charge in [0.25, 0.3) is 11.8 Å². The van der Waals surface area contributed by atoms with Gasteiger partial charge >= 0.3 is 5.76 Å². The topological polar surface area (TPSA) is 111 Å². The van der Waals surface area contributed by atoms with Crippen molar-refractivity contribution in [1.29, 1.82) is 0 Å². The lowest BCUT2D eigenvalue weighted by atomic mass is 10.1. The number of fused-ring (bicyclic) bond motifs is 1. The lowest BCUT2D eigenvalue weighted by Gasteiger charge is -2.12. The highest BCUT2D eigenvalue weighted by Gasteiger charge is 2.32. The van der Waals surface area contributed by atoms with Gasteiger partial charge in [-0.15, -0.1) is 11.3 Å². The summed E-state index contributed by atoms with van der Waals surface area (Å²) in [7, 11) is -4.96. The molecule has 1 amide bonds. The normalized spacial score (nSPS) is 14.0. The number of amides is 1. The van der Waals surface area contributed by atoms with Crippen molar-refractivity contribution in [2.24, 2.45) is 0 Å². The molecule has 4 rings (SSSR count). The number of ether oxygens (including phenoxy) is 1. The summed E-state index contributed by atoms with van der Waals surface area (Å²) in [6.07, 6.45) is 0.564. The van der Waals surface area contributed by atoms with Crippen LogP contribution in [0.15, 0.2) is 33.7 Å². The zero-order chi connectivity index (χ0) is 21.5. The van der Waals surface area contributed by atoms with Crippen LogP contribution in [-0.2, 0) is 27.6 Å². The molecule has 0 fully saturated rings. The number of aryl methyl sites for hydroxylation is 1. The Hall–Kier alpha value is -2.70. The number of nitrogens with one attached hydrogen (secondary N) is 1. The first-order valence-electron chi connectivity index (χ1n) is 8.74. The molecule has 0 unspecified atom stereocenters. The van der Waals surface area contributed by atoms with E-state index in [1.165, 1.54) is 29.5 Å². The minimum atomic E-state index is -4.96. The largest absolute Gasteiger partial charge is 0.376 e. The number of thiophene rings is 1. The molecular formula is C18H15F2N3O5S2. The van der Waals surface area contributed by atoms with Crippen LogP contribution in [0.2, 0.25) is 0 Å². The average Bonchev–Trinajstić information content (AvgIpc) is 3.30. The first kappa shape index (κ1) is 20.6. The lowest BCUT2D eigenvalue weighted by Crippen LogP contribution is -2.19. The molecule has 12 heteroatoms. The number of alkyl halides is 2. The van der Waals surface area contributed by atoms with Crippen molar-refractivity contribution in [3.63, 3.8) is 0 Å². The lowest BCUT2D eigenvalue weighted by molar-refractivity contribution is 0.102. The number of aromatic nitrogens is 2. The van der Waals surface area contributed by atoms with Crippen LogP contribution < -0.4 is 5.32 Å². The van der Waals surface area contributed by atoms with Gasteiger partial charge in [-0.25, -0.2) is 8.42 Å². The fraction of sp³-hybridized carbons (Fsp3) is 0.278. The van der Waals surface area contributed by atoms with E-state index in [2.05, 4.69) is 15.5 Å². The van der Waals surface area contributed by atoms with E-state index in [1.807, 2.05) is 0 Å². The second-order valence-corrected chi connectivity index (χ2v) is 9.40. The summed E-state index contributed by atoms with van der Waals surface area (Å²) in [5.41, 5.74) is 1.04. The Kier molecular flexibility index (Phi) is 5.38. The Morgan fingerprint density at radius 3 is 2.77 bits per heavy atom. The molecule has 0 radical (unpaired) electrons. The summed E-state index contributed by atoms with van der Waals surface area (Å²) < 4.78 is 60.8. The fourth-order valence-corrected chi connectivity index (χ4v) is 5.21. The molecule has 1 aromatic carbocycles. The molecule has 0 saturated heterocycles. The molecule has 0 aliphatic carbocycles. The van der Waals surface area contributed by atoms with Gasteiger partial charge in [0.15, 0.2) is 5.82 Å². The van der Waals surface area contributed by atoms with Crippen molar-refractivity contribution in [3.05, 3.63) is 46.1 Å². The third-order valence-electron chi connectivity index (χ3n) is 4.46. The number of carbonyl (C=O) groups is 1. The summed E-state index contributed by atoms with van der Waals surface area (Å²) in [6, 6.07) is 4.83. The van der Waals surface area contributed by atoms with Gasteiger partial charge < -0.3 is 14.6 Å². The summed E-state index contributed by atoms with van der Waals surface area (Å²) in [4.78, 5) is 17.2. The van der Waals surface area contributed by atoms with E-state index in [0.29, 0.717) is 36.0 Å². The Morgan fingerprint density at radius 2 is 2.07 bits per heavy atom. The number of hydrogen-bond donors (Lipinski definition) is 1. The second kappa shape index (κ2) is 7.85. The summed E-state index contributed by atoms with van der Waals surface area (Å²) in [6.45, 7) is 2.47. The second-order valence-electron chi connectivity index (χ2n) is 6.41. The Balaban J connectivity index is 1.76. The number of nitrogens with zero attached hydrogens (tertiary/aromatic N) is 2. The summed E-state index contributed by atoms with van der Waals surface area (Å²) in [5, 5.41) is 6.76. The highest BCUT2D eigenvalue weighted by molar-refractivity contribution is 7.91. The molecule has 158 valence electrons. The Bertz CT molecular complexity index is 1220. The number of anilines is 1. The quantitative estimate of drug-likeness (QED) is 0.627. The molecule has 1 aliphatic rings. The Morgan fingerprint density at radius 1 is 1.30 bits per heavy atom. The van der Waals surface area contributed by atoms with E-state index in [1.54, 1.807) is 6.92 Å². The van der Waals surface area contributed by atoms with E-state index in [0.717, 1.165) is 16.5 Å². The van der Waals surface area contributed by atoms with E-state index < -0.39 is 26.4 Å². The molecule has 3 aromatic rings. The molecule has 2 aromatic heterocycles. The maximum Gasteiger partial charge on any atom is 0.341 e. The van der Waals surface area contributed by atoms with Crippen LogP contribution in [0.5, 0.6) is 0 Å². The van der Waals surface area contributed by atoms with Gasteiger partial charge in [0, 0.05) is 4.88 Å². The molecule has 0 spiro atoms. The van der Waals surface area contributed by atoms with Crippen molar-refractivity contribution < 1.29 is 31.3 Å². The molecule has 8 nitrogen and oxygen atoms in total. The average molecular weight is 455 g/mol. The van der Waals surface area contributed by atoms with Crippen LogP contribution in [0, 0.1) is 6.92 Å². The predicted molar refractivity (Wildman–Crippen MR) is 103 cm³/mol. The third-order valence-corrected chi connectivity index (χ3v) is 7.02. The van der Waals surface area contributed by atoms with Crippen molar-refractivity contribution >= 4 is 32.1 Å². The number of carbonyl (C=O) groups excluding carboxylic acids is 1. The molecule has 30 heavy (non-hydrogen) atoms. The van der Waals surface area contributed by atoms with Crippen molar-refractivity contribution in [1.82, 2.24) is 10.1 Å². The molecule has 0 bridgehead atoms.